The molecule has 0 unspecified atom stereocenters. The third-order valence-corrected chi connectivity index (χ3v) is 3.29. The third kappa shape index (κ3) is 3.78. The maximum atomic E-state index is 12.1. The van der Waals surface area contributed by atoms with Crippen LogP contribution in [0.2, 0.25) is 0 Å². The Hall–Kier alpha value is -2.50. The number of nitrogens with zero attached hydrogens (tertiary/aromatic N) is 1. The van der Waals surface area contributed by atoms with Crippen molar-refractivity contribution >= 4 is 5.91 Å². The molecule has 118 valence electrons. The molecule has 1 aromatic carbocycles. The van der Waals surface area contributed by atoms with E-state index in [0.29, 0.717) is 12.2 Å². The van der Waals surface area contributed by atoms with Gasteiger partial charge >= 0.3 is 0 Å². The topological polar surface area (TPSA) is 95.6 Å². The van der Waals surface area contributed by atoms with Gasteiger partial charge in [-0.3, -0.25) is 4.79 Å². The number of benzene rings is 1. The summed E-state index contributed by atoms with van der Waals surface area (Å²) in [6, 6.07) is 6.08. The summed E-state index contributed by atoms with van der Waals surface area (Å²) in [6.45, 7) is 5.77. The number of rotatable bonds is 5. The second kappa shape index (κ2) is 6.51. The maximum Gasteiger partial charge on any atom is 0.273 e. The minimum atomic E-state index is -0.300. The molecule has 0 bridgehead atoms. The molecule has 1 heterocycles. The summed E-state index contributed by atoms with van der Waals surface area (Å²) in [5, 5.41) is 25.3. The molecule has 2 rings (SSSR count). The fourth-order valence-corrected chi connectivity index (χ4v) is 2.07. The number of phenolic OH excluding ortho intramolecular Hbond substituents is 2. The van der Waals surface area contributed by atoms with Crippen LogP contribution in [-0.2, 0) is 6.42 Å². The van der Waals surface area contributed by atoms with Gasteiger partial charge in [0.2, 0.25) is 0 Å². The van der Waals surface area contributed by atoms with Crippen molar-refractivity contribution in [2.24, 2.45) is 0 Å². The molecule has 6 nitrogen and oxygen atoms in total. The lowest BCUT2D eigenvalue weighted by Gasteiger charge is -2.13. The standard InChI is InChI=1S/C16H20N2O4/c1-9(2)15-8-12(18-22-15)16(21)17-10(3)6-11-4-5-13(19)14(20)7-11/h4-5,7-10,19-20H,6H2,1-3H3,(H,17,21)/t10-/m0/s1. The van der Waals surface area contributed by atoms with E-state index >= 15 is 0 Å². The van der Waals surface area contributed by atoms with Crippen molar-refractivity contribution in [2.45, 2.75) is 39.2 Å². The molecule has 0 saturated heterocycles. The molecule has 1 amide bonds. The SMILES string of the molecule is CC(C)c1cc(C(=O)N[C@@H](C)Cc2ccc(O)c(O)c2)no1. The third-order valence-electron chi connectivity index (χ3n) is 3.29. The van der Waals surface area contributed by atoms with E-state index in [1.165, 1.54) is 12.1 Å². The van der Waals surface area contributed by atoms with Crippen molar-refractivity contribution < 1.29 is 19.5 Å². The van der Waals surface area contributed by atoms with Crippen molar-refractivity contribution in [1.29, 1.82) is 0 Å². The van der Waals surface area contributed by atoms with Gasteiger partial charge in [-0.05, 0) is 31.0 Å². The van der Waals surface area contributed by atoms with Crippen molar-refractivity contribution in [2.75, 3.05) is 0 Å². The second-order valence-electron chi connectivity index (χ2n) is 5.67. The predicted octanol–water partition coefficient (Wildman–Crippen LogP) is 2.57. The summed E-state index contributed by atoms with van der Waals surface area (Å²) in [7, 11) is 0. The van der Waals surface area contributed by atoms with Gasteiger partial charge in [-0.2, -0.15) is 0 Å². The van der Waals surface area contributed by atoms with Gasteiger partial charge in [-0.25, -0.2) is 0 Å². The van der Waals surface area contributed by atoms with Gasteiger partial charge < -0.3 is 20.1 Å². The zero-order valence-corrected chi connectivity index (χ0v) is 12.8. The Morgan fingerprint density at radius 1 is 1.23 bits per heavy atom. The smallest absolute Gasteiger partial charge is 0.273 e. The minimum absolute atomic E-state index is 0.157. The Bertz CT molecular complexity index is 664. The zero-order valence-electron chi connectivity index (χ0n) is 12.8. The lowest BCUT2D eigenvalue weighted by atomic mass is 10.1. The van der Waals surface area contributed by atoms with E-state index in [-0.39, 0.29) is 35.1 Å². The van der Waals surface area contributed by atoms with Crippen LogP contribution in [0.3, 0.4) is 0 Å². The Kier molecular flexibility index (Phi) is 4.70. The molecule has 2 aromatic rings. The fourth-order valence-electron chi connectivity index (χ4n) is 2.07. The molecule has 6 heteroatoms. The molecular weight excluding hydrogens is 284 g/mol. The van der Waals surface area contributed by atoms with Crippen molar-refractivity contribution in [1.82, 2.24) is 10.5 Å². The molecule has 0 fully saturated rings. The van der Waals surface area contributed by atoms with E-state index in [9.17, 15) is 15.0 Å². The van der Waals surface area contributed by atoms with Crippen LogP contribution in [0.5, 0.6) is 11.5 Å². The van der Waals surface area contributed by atoms with Gasteiger partial charge in [0.1, 0.15) is 5.76 Å². The van der Waals surface area contributed by atoms with Gasteiger partial charge in [0.05, 0.1) is 0 Å². The zero-order chi connectivity index (χ0) is 16.3. The number of aromatic nitrogens is 1. The number of carbonyl (C=O) groups excluding carboxylic acids is 1. The van der Waals surface area contributed by atoms with Gasteiger partial charge in [-0.1, -0.05) is 25.1 Å². The lowest BCUT2D eigenvalue weighted by molar-refractivity contribution is 0.0931. The van der Waals surface area contributed by atoms with Crippen LogP contribution in [0.15, 0.2) is 28.8 Å². The van der Waals surface area contributed by atoms with Crippen molar-refractivity contribution in [3.63, 3.8) is 0 Å². The fraction of sp³-hybridized carbons (Fsp3) is 0.375. The number of phenols is 2. The van der Waals surface area contributed by atoms with E-state index in [1.54, 1.807) is 12.1 Å². The molecule has 0 aliphatic heterocycles. The van der Waals surface area contributed by atoms with Crippen LogP contribution in [0.4, 0.5) is 0 Å². The first-order valence-corrected chi connectivity index (χ1v) is 7.15. The summed E-state index contributed by atoms with van der Waals surface area (Å²) >= 11 is 0. The number of carbonyl (C=O) groups is 1. The van der Waals surface area contributed by atoms with Gasteiger partial charge in [0.15, 0.2) is 17.2 Å². The lowest BCUT2D eigenvalue weighted by Crippen LogP contribution is -2.34. The van der Waals surface area contributed by atoms with Crippen molar-refractivity contribution in [3.8, 4) is 11.5 Å². The molecule has 0 aliphatic carbocycles. The molecule has 0 radical (unpaired) electrons. The highest BCUT2D eigenvalue weighted by atomic mass is 16.5. The molecule has 1 aromatic heterocycles. The Morgan fingerprint density at radius 3 is 2.55 bits per heavy atom. The minimum Gasteiger partial charge on any atom is -0.504 e. The van der Waals surface area contributed by atoms with E-state index in [0.717, 1.165) is 5.56 Å². The number of amides is 1. The van der Waals surface area contributed by atoms with E-state index in [2.05, 4.69) is 10.5 Å². The van der Waals surface area contributed by atoms with Crippen LogP contribution >= 0.6 is 0 Å². The molecule has 0 saturated carbocycles. The summed E-state index contributed by atoms with van der Waals surface area (Å²) in [6.07, 6.45) is 0.522. The van der Waals surface area contributed by atoms with Crippen LogP contribution in [-0.4, -0.2) is 27.3 Å². The van der Waals surface area contributed by atoms with Gasteiger partial charge in [0.25, 0.3) is 5.91 Å². The first-order valence-electron chi connectivity index (χ1n) is 7.15. The number of hydrogen-bond acceptors (Lipinski definition) is 5. The maximum absolute atomic E-state index is 12.1. The van der Waals surface area contributed by atoms with E-state index in [1.807, 2.05) is 20.8 Å². The second-order valence-corrected chi connectivity index (χ2v) is 5.67. The molecule has 1 atom stereocenters. The number of nitrogens with one attached hydrogen (secondary N) is 1. The first-order chi connectivity index (χ1) is 10.4. The number of aromatic hydroxyl groups is 2. The highest BCUT2D eigenvalue weighted by Crippen LogP contribution is 2.25. The summed E-state index contributed by atoms with van der Waals surface area (Å²) in [5.74, 6) is 0.206. The average molecular weight is 304 g/mol. The normalized spacial score (nSPS) is 12.4. The molecule has 3 N–H and O–H groups in total. The summed E-state index contributed by atoms with van der Waals surface area (Å²) in [5.41, 5.74) is 1.07. The van der Waals surface area contributed by atoms with Crippen LogP contribution < -0.4 is 5.32 Å². The Morgan fingerprint density at radius 2 is 1.95 bits per heavy atom. The summed E-state index contributed by atoms with van der Waals surface area (Å²) < 4.78 is 5.10. The number of hydrogen-bond donors (Lipinski definition) is 3. The highest BCUT2D eigenvalue weighted by molar-refractivity contribution is 5.92. The monoisotopic (exact) mass is 304 g/mol. The first kappa shape index (κ1) is 15.9. The van der Waals surface area contributed by atoms with Gasteiger partial charge in [-0.15, -0.1) is 0 Å². The van der Waals surface area contributed by atoms with Crippen LogP contribution in [0.1, 0.15) is 48.5 Å². The average Bonchev–Trinajstić information content (AvgIpc) is 2.93. The molecular formula is C16H20N2O4. The van der Waals surface area contributed by atoms with Crippen LogP contribution in [0.25, 0.3) is 0 Å². The quantitative estimate of drug-likeness (QED) is 0.738. The van der Waals surface area contributed by atoms with Gasteiger partial charge in [0, 0.05) is 18.0 Å². The Labute approximate surface area is 128 Å². The van der Waals surface area contributed by atoms with Crippen LogP contribution in [0, 0.1) is 0 Å². The van der Waals surface area contributed by atoms with E-state index in [4.69, 9.17) is 4.52 Å². The van der Waals surface area contributed by atoms with Crippen molar-refractivity contribution in [3.05, 3.63) is 41.3 Å². The Balaban J connectivity index is 1.96. The largest absolute Gasteiger partial charge is 0.504 e. The highest BCUT2D eigenvalue weighted by Gasteiger charge is 2.16. The summed E-state index contributed by atoms with van der Waals surface area (Å²) in [4.78, 5) is 12.1. The molecule has 0 spiro atoms. The molecule has 0 aliphatic rings. The predicted molar refractivity (Wildman–Crippen MR) is 81.0 cm³/mol. The van der Waals surface area contributed by atoms with E-state index < -0.39 is 0 Å². The molecule has 22 heavy (non-hydrogen) atoms.